The van der Waals surface area contributed by atoms with Gasteiger partial charge in [-0.2, -0.15) is 0 Å². The van der Waals surface area contributed by atoms with E-state index in [0.717, 1.165) is 111 Å². The number of ether oxygens (including phenoxy) is 1. The smallest absolute Gasteiger partial charge is 0.323 e. The van der Waals surface area contributed by atoms with Gasteiger partial charge in [-0.1, -0.05) is 99.8 Å². The molecule has 3 aromatic carbocycles. The van der Waals surface area contributed by atoms with E-state index in [2.05, 4.69) is 59.2 Å². The molecule has 4 aromatic heterocycles. The number of carbonyl (C=O) groups is 4. The zero-order valence-electron chi connectivity index (χ0n) is 51.4. The molecule has 2 saturated heterocycles. The van der Waals surface area contributed by atoms with Gasteiger partial charge in [0, 0.05) is 143 Å². The van der Waals surface area contributed by atoms with Crippen molar-refractivity contribution in [3.63, 3.8) is 0 Å². The van der Waals surface area contributed by atoms with E-state index in [1.807, 2.05) is 42.7 Å². The summed E-state index contributed by atoms with van der Waals surface area (Å²) in [6, 6.07) is 21.0. The molecule has 2 fully saturated rings. The van der Waals surface area contributed by atoms with Gasteiger partial charge in [-0.05, 0) is 80.1 Å². The van der Waals surface area contributed by atoms with Crippen molar-refractivity contribution in [1.82, 2.24) is 44.2 Å². The molecule has 1 unspecified atom stereocenters. The number of aryl methyl sites for hydroxylation is 1. The van der Waals surface area contributed by atoms with E-state index >= 15 is 4.39 Å². The Kier molecular flexibility index (Phi) is 21.4. The van der Waals surface area contributed by atoms with Gasteiger partial charge in [0.15, 0.2) is 5.82 Å². The normalized spacial score (nSPS) is 15.7. The van der Waals surface area contributed by atoms with Crippen LogP contribution in [-0.4, -0.2) is 160 Å². The third-order valence-corrected chi connectivity index (χ3v) is 17.8. The van der Waals surface area contributed by atoms with Crippen LogP contribution in [0.2, 0.25) is 0 Å². The maximum Gasteiger partial charge on any atom is 0.323 e. The number of carbonyl (C=O) groups excluding carboxylic acids is 3. The second-order valence-electron chi connectivity index (χ2n) is 24.1. The van der Waals surface area contributed by atoms with Crippen LogP contribution in [0.15, 0.2) is 109 Å². The lowest BCUT2D eigenvalue weighted by Crippen LogP contribution is -2.46. The summed E-state index contributed by atoms with van der Waals surface area (Å²) < 4.78 is 25.7. The van der Waals surface area contributed by atoms with Gasteiger partial charge in [-0.15, -0.1) is 5.10 Å². The van der Waals surface area contributed by atoms with Gasteiger partial charge >= 0.3 is 5.97 Å². The maximum absolute atomic E-state index is 16.8. The topological polar surface area (TPSA) is 199 Å². The molecule has 0 aliphatic carbocycles. The monoisotopic (exact) mass is 1200 g/mol. The number of fused-ring (bicyclic) bond motifs is 2. The first-order chi connectivity index (χ1) is 42.8. The summed E-state index contributed by atoms with van der Waals surface area (Å²) in [7, 11) is 4.99. The van der Waals surface area contributed by atoms with E-state index in [9.17, 15) is 29.1 Å². The fourth-order valence-corrected chi connectivity index (χ4v) is 12.9. The number of methoxy groups -OCH3 is 1. The lowest BCUT2D eigenvalue weighted by atomic mass is 9.92. The number of carboxylic acid groups (broad SMARTS) is 1. The minimum absolute atomic E-state index is 0.00541. The Bertz CT molecular complexity index is 3620. The predicted octanol–water partition coefficient (Wildman–Crippen LogP) is 10.5. The van der Waals surface area contributed by atoms with Gasteiger partial charge in [0.2, 0.25) is 11.8 Å². The van der Waals surface area contributed by atoms with Crippen molar-refractivity contribution in [3.05, 3.63) is 131 Å². The molecule has 0 bridgehead atoms. The molecule has 0 radical (unpaired) electrons. The lowest BCUT2D eigenvalue weighted by molar-refractivity contribution is -0.137. The van der Waals surface area contributed by atoms with Crippen molar-refractivity contribution in [2.45, 2.75) is 116 Å². The summed E-state index contributed by atoms with van der Waals surface area (Å²) in [6.45, 7) is 7.44. The molecule has 19 nitrogen and oxygen atoms in total. The quantitative estimate of drug-likeness (QED) is 0.0440. The third-order valence-electron chi connectivity index (χ3n) is 17.8. The number of nitrogens with zero attached hydrogens (tertiary/aromatic N) is 11. The van der Waals surface area contributed by atoms with Gasteiger partial charge in [0.1, 0.15) is 18.0 Å². The van der Waals surface area contributed by atoms with Gasteiger partial charge in [0.05, 0.1) is 48.9 Å². The lowest BCUT2D eigenvalue weighted by Gasteiger charge is -2.36. The second kappa shape index (κ2) is 30.0. The highest BCUT2D eigenvalue weighted by Crippen LogP contribution is 2.42. The number of hydrogen-bond acceptors (Lipinski definition) is 12. The van der Waals surface area contributed by atoms with Crippen molar-refractivity contribution in [3.8, 4) is 16.9 Å². The Morgan fingerprint density at radius 3 is 2.26 bits per heavy atom. The average molecular weight is 1200 g/mol. The first-order valence-electron chi connectivity index (χ1n) is 31.7. The first-order valence-corrected chi connectivity index (χ1v) is 31.7. The fraction of sp³-hybridized carbons (Fsp3) is 0.471. The number of hydrogen-bond donors (Lipinski definition) is 2. The average Bonchev–Trinajstić information content (AvgIpc) is 2.10. The van der Waals surface area contributed by atoms with Gasteiger partial charge in [0.25, 0.3) is 11.5 Å². The van der Waals surface area contributed by atoms with Crippen LogP contribution in [0.1, 0.15) is 119 Å². The van der Waals surface area contributed by atoms with Crippen LogP contribution >= 0.6 is 0 Å². The Morgan fingerprint density at radius 2 is 1.53 bits per heavy atom. The summed E-state index contributed by atoms with van der Waals surface area (Å²) in [6.07, 6.45) is 26.9. The Labute approximate surface area is 514 Å². The molecule has 3 aliphatic rings. The molecule has 1 atom stereocenters. The number of nitrogens with one attached hydrogen (secondary N) is 1. The van der Waals surface area contributed by atoms with Crippen molar-refractivity contribution >= 4 is 68.0 Å². The molecule has 3 amide bonds. The zero-order chi connectivity index (χ0) is 61.5. The number of unbranched alkanes of at least 4 members (excludes halogenated alkanes) is 11. The minimum atomic E-state index is -1.11. The number of aromatic amines is 1. The molecule has 0 spiro atoms. The van der Waals surface area contributed by atoms with Crippen LogP contribution in [0, 0.1) is 11.7 Å². The number of piperidine rings is 1. The van der Waals surface area contributed by atoms with E-state index in [-0.39, 0.29) is 47.8 Å². The molecule has 20 heteroatoms. The van der Waals surface area contributed by atoms with Crippen molar-refractivity contribution in [1.29, 1.82) is 0 Å². The molecule has 2 N–H and O–H groups in total. The highest BCUT2D eigenvalue weighted by atomic mass is 19.1. The Morgan fingerprint density at radius 1 is 0.784 bits per heavy atom. The molecule has 10 rings (SSSR count). The van der Waals surface area contributed by atoms with Crippen LogP contribution in [0.5, 0.6) is 5.75 Å². The number of H-pyrrole nitrogens is 1. The summed E-state index contributed by atoms with van der Waals surface area (Å²) >= 11 is 0. The first kappa shape index (κ1) is 62.7. The predicted molar refractivity (Wildman–Crippen MR) is 344 cm³/mol. The molecule has 88 heavy (non-hydrogen) atoms. The highest BCUT2D eigenvalue weighted by molar-refractivity contribution is 6.05. The third kappa shape index (κ3) is 15.5. The zero-order valence-corrected chi connectivity index (χ0v) is 51.4. The summed E-state index contributed by atoms with van der Waals surface area (Å²) in [5.74, 6) is -1.50. The largest absolute Gasteiger partial charge is 0.496 e. The van der Waals surface area contributed by atoms with Crippen molar-refractivity contribution in [2.24, 2.45) is 5.92 Å². The molecular formula is C68H85FN12O7. The molecule has 0 saturated carbocycles. The van der Waals surface area contributed by atoms with E-state index in [0.29, 0.717) is 60.6 Å². The van der Waals surface area contributed by atoms with Crippen LogP contribution in [0.3, 0.4) is 0 Å². The maximum atomic E-state index is 16.8. The molecule has 3 aliphatic heterocycles. The standard InChI is InChI=1S/C68H85FN12O7/c1-74(2)68(87)59-42-58-57(41-56(65(69)66(58)72-59)50-21-18-32-78(45-50)63(83)28-34-80-35-29-71-73-80)55-26-24-52(40-61(55)88-3)76-38-36-75(37-39-76)30-16-12-10-8-6-4-5-7-9-11-13-17-33-81(53-25-27-62(82)79(47-53)48-64(84)85)67(86)51-22-19-31-77(46-51)60-44-70-43-49-20-14-15-23-54(49)60/h14-15,20-21,23-27,29,35,40-44,47,51,72H,4-13,16-19,22,28,30-34,36-39,45-46,48H2,1-3H3,(H,84,85). The van der Waals surface area contributed by atoms with E-state index < -0.39 is 23.9 Å². The SMILES string of the molecule is COc1cc(N2CCN(CCCCCCCCCCCCCCN(C(=O)C3CCCN(c4cncc5ccccc45)C3)c3ccc(=O)n(CC(=O)O)c3)CC2)ccc1-c1cc(C2=CCCN(C(=O)CCn3ccnn3)C2)c(F)c2[nH]c(C(=O)N(C)C)cc12. The van der Waals surface area contributed by atoms with E-state index in [1.165, 1.54) is 73.1 Å². The van der Waals surface area contributed by atoms with Crippen molar-refractivity contribution in [2.75, 3.05) is 101 Å². The molecule has 7 heterocycles. The van der Waals surface area contributed by atoms with E-state index in [4.69, 9.17) is 4.74 Å². The highest BCUT2D eigenvalue weighted by Gasteiger charge is 2.32. The van der Waals surface area contributed by atoms with Crippen LogP contribution in [-0.2, 0) is 27.5 Å². The van der Waals surface area contributed by atoms with Crippen LogP contribution < -0.4 is 25.0 Å². The second-order valence-corrected chi connectivity index (χ2v) is 24.1. The number of piperazine rings is 1. The fourth-order valence-electron chi connectivity index (χ4n) is 12.9. The van der Waals surface area contributed by atoms with Crippen molar-refractivity contribution < 1.29 is 33.4 Å². The number of anilines is 3. The molecular weight excluding hydrogens is 1120 g/mol. The van der Waals surface area contributed by atoms with Gasteiger partial charge in [-0.3, -0.25) is 38.5 Å². The Balaban J connectivity index is 0.644. The van der Waals surface area contributed by atoms with Crippen LogP contribution in [0.4, 0.5) is 21.5 Å². The Hall–Kier alpha value is -8.39. The summed E-state index contributed by atoms with van der Waals surface area (Å²) in [4.78, 5) is 85.2. The number of aromatic nitrogens is 6. The summed E-state index contributed by atoms with van der Waals surface area (Å²) in [5, 5.41) is 20.0. The number of halogens is 1. The van der Waals surface area contributed by atoms with Gasteiger partial charge in [-0.25, -0.2) is 4.39 Å². The number of pyridine rings is 2. The number of aliphatic carboxylic acids is 1. The van der Waals surface area contributed by atoms with E-state index in [1.54, 1.807) is 60.2 Å². The molecule has 466 valence electrons. The number of benzene rings is 3. The molecule has 7 aromatic rings. The number of rotatable bonds is 28. The van der Waals surface area contributed by atoms with Gasteiger partial charge < -0.3 is 43.9 Å². The van der Waals surface area contributed by atoms with Crippen LogP contribution in [0.25, 0.3) is 38.4 Å². The summed E-state index contributed by atoms with van der Waals surface area (Å²) in [5.41, 5.74) is 5.32. The number of amides is 3. The number of carboxylic acids is 1. The minimum Gasteiger partial charge on any atom is -0.496 e.